The molecule has 0 aromatic heterocycles. The van der Waals surface area contributed by atoms with Crippen LogP contribution in [0.25, 0.3) is 0 Å². The van der Waals surface area contributed by atoms with E-state index in [9.17, 15) is 19.5 Å². The van der Waals surface area contributed by atoms with Gasteiger partial charge in [0.2, 0.25) is 5.91 Å². The van der Waals surface area contributed by atoms with E-state index in [1.807, 2.05) is 6.07 Å². The molecule has 142 valence electrons. The number of unbranched alkanes of at least 4 members (excludes halogenated alkanes) is 3. The first-order chi connectivity index (χ1) is 12.3. The monoisotopic (exact) mass is 361 g/mol. The Morgan fingerprint density at radius 1 is 1.15 bits per heavy atom. The van der Waals surface area contributed by atoms with Crippen molar-refractivity contribution in [3.8, 4) is 0 Å². The Hall–Kier alpha value is -2.37. The van der Waals surface area contributed by atoms with E-state index in [2.05, 4.69) is 0 Å². The fourth-order valence-electron chi connectivity index (χ4n) is 3.50. The number of esters is 1. The molecular formula is C20H27NO5. The molecule has 0 atom stereocenters. The van der Waals surface area contributed by atoms with Crippen molar-refractivity contribution in [1.29, 1.82) is 0 Å². The van der Waals surface area contributed by atoms with Crippen molar-refractivity contribution in [2.24, 2.45) is 0 Å². The molecule has 1 aliphatic heterocycles. The second kappa shape index (κ2) is 8.34. The maximum atomic E-state index is 12.8. The number of hydrogen-bond acceptors (Lipinski definition) is 4. The van der Waals surface area contributed by atoms with Gasteiger partial charge in [0.25, 0.3) is 0 Å². The quantitative estimate of drug-likeness (QED) is 0.537. The highest BCUT2D eigenvalue weighted by Crippen LogP contribution is 2.43. The number of carboxylic acid groups (broad SMARTS) is 1. The van der Waals surface area contributed by atoms with E-state index in [1.54, 1.807) is 37.8 Å². The zero-order valence-electron chi connectivity index (χ0n) is 15.7. The molecule has 0 saturated carbocycles. The number of carbonyl (C=O) groups excluding carboxylic acids is 2. The summed E-state index contributed by atoms with van der Waals surface area (Å²) in [4.78, 5) is 37.3. The van der Waals surface area contributed by atoms with Crippen LogP contribution in [0, 0.1) is 0 Å². The van der Waals surface area contributed by atoms with Gasteiger partial charge in [-0.1, -0.05) is 18.9 Å². The van der Waals surface area contributed by atoms with E-state index in [0.29, 0.717) is 30.8 Å². The third kappa shape index (κ3) is 4.06. The second-order valence-electron chi connectivity index (χ2n) is 7.06. The zero-order valence-corrected chi connectivity index (χ0v) is 15.7. The van der Waals surface area contributed by atoms with Crippen LogP contribution in [0.15, 0.2) is 18.2 Å². The molecule has 6 heteroatoms. The Kier molecular flexibility index (Phi) is 6.40. The number of aromatic carboxylic acids is 1. The highest BCUT2D eigenvalue weighted by atomic mass is 16.5. The minimum absolute atomic E-state index is 0.0623. The van der Waals surface area contributed by atoms with Gasteiger partial charge in [-0.05, 0) is 45.7 Å². The van der Waals surface area contributed by atoms with Crippen LogP contribution < -0.4 is 4.90 Å². The van der Waals surface area contributed by atoms with E-state index in [-0.39, 0.29) is 17.4 Å². The van der Waals surface area contributed by atoms with Crippen LogP contribution in [0.3, 0.4) is 0 Å². The molecule has 0 radical (unpaired) electrons. The van der Waals surface area contributed by atoms with Gasteiger partial charge in [-0.15, -0.1) is 0 Å². The Morgan fingerprint density at radius 3 is 2.50 bits per heavy atom. The molecule has 1 aromatic carbocycles. The number of anilines is 1. The molecular weight excluding hydrogens is 334 g/mol. The number of carboxylic acids is 1. The average Bonchev–Trinajstić information content (AvgIpc) is 2.78. The van der Waals surface area contributed by atoms with Crippen molar-refractivity contribution in [3.63, 3.8) is 0 Å². The molecule has 1 N–H and O–H groups in total. The summed E-state index contributed by atoms with van der Waals surface area (Å²) in [5.74, 6) is -1.24. The molecule has 26 heavy (non-hydrogen) atoms. The summed E-state index contributed by atoms with van der Waals surface area (Å²) in [7, 11) is 0. The van der Waals surface area contributed by atoms with Gasteiger partial charge in [0.15, 0.2) is 0 Å². The summed E-state index contributed by atoms with van der Waals surface area (Å²) in [6, 6.07) is 5.05. The van der Waals surface area contributed by atoms with E-state index in [4.69, 9.17) is 4.74 Å². The molecule has 1 aliphatic rings. The topological polar surface area (TPSA) is 83.9 Å². The number of fused-ring (bicyclic) bond motifs is 1. The van der Waals surface area contributed by atoms with E-state index in [0.717, 1.165) is 25.7 Å². The Morgan fingerprint density at radius 2 is 1.85 bits per heavy atom. The molecule has 0 spiro atoms. The average molecular weight is 361 g/mol. The van der Waals surface area contributed by atoms with Gasteiger partial charge in [-0.2, -0.15) is 0 Å². The summed E-state index contributed by atoms with van der Waals surface area (Å²) < 4.78 is 4.90. The SMILES string of the molecule is CCOC(=O)CCCCCCN1C(=O)C(C)(C)c2c(C(=O)O)cccc21. The Bertz CT molecular complexity index is 695. The highest BCUT2D eigenvalue weighted by molar-refractivity contribution is 6.10. The molecule has 2 rings (SSSR count). The molecule has 1 heterocycles. The van der Waals surface area contributed by atoms with Crippen molar-refractivity contribution in [2.75, 3.05) is 18.1 Å². The van der Waals surface area contributed by atoms with Crippen LogP contribution in [0.4, 0.5) is 5.69 Å². The van der Waals surface area contributed by atoms with Crippen LogP contribution in [0.1, 0.15) is 68.8 Å². The van der Waals surface area contributed by atoms with Crippen molar-refractivity contribution >= 4 is 23.5 Å². The molecule has 0 saturated heterocycles. The fourth-order valence-corrected chi connectivity index (χ4v) is 3.50. The molecule has 1 amide bonds. The number of rotatable bonds is 9. The van der Waals surface area contributed by atoms with Gasteiger partial charge in [0.05, 0.1) is 17.6 Å². The Labute approximate surface area is 154 Å². The normalized spacial score (nSPS) is 15.0. The van der Waals surface area contributed by atoms with Gasteiger partial charge in [-0.3, -0.25) is 9.59 Å². The lowest BCUT2D eigenvalue weighted by atomic mass is 9.83. The molecule has 0 bridgehead atoms. The van der Waals surface area contributed by atoms with Crippen molar-refractivity contribution in [2.45, 2.75) is 58.3 Å². The maximum absolute atomic E-state index is 12.8. The van der Waals surface area contributed by atoms with Crippen LogP contribution in [0.5, 0.6) is 0 Å². The number of ether oxygens (including phenoxy) is 1. The second-order valence-corrected chi connectivity index (χ2v) is 7.06. The maximum Gasteiger partial charge on any atom is 0.336 e. The largest absolute Gasteiger partial charge is 0.478 e. The number of amides is 1. The standard InChI is InChI=1S/C20H27NO5/c1-4-26-16(22)12-7-5-6-8-13-21-15-11-9-10-14(18(23)24)17(15)20(2,3)19(21)25/h9-11H,4-8,12-13H2,1-3H3,(H,23,24). The van der Waals surface area contributed by atoms with Gasteiger partial charge < -0.3 is 14.7 Å². The summed E-state index contributed by atoms with van der Waals surface area (Å²) in [6.45, 7) is 6.31. The minimum Gasteiger partial charge on any atom is -0.478 e. The van der Waals surface area contributed by atoms with Crippen LogP contribution >= 0.6 is 0 Å². The zero-order chi connectivity index (χ0) is 19.3. The van der Waals surface area contributed by atoms with Gasteiger partial charge in [0, 0.05) is 24.2 Å². The predicted octanol–water partition coefficient (Wildman–Crippen LogP) is 3.52. The van der Waals surface area contributed by atoms with Gasteiger partial charge >= 0.3 is 11.9 Å². The lowest BCUT2D eigenvalue weighted by Crippen LogP contribution is -2.37. The van der Waals surface area contributed by atoms with Crippen molar-refractivity contribution in [1.82, 2.24) is 0 Å². The number of carbonyl (C=O) groups is 3. The number of nitrogens with zero attached hydrogens (tertiary/aromatic N) is 1. The lowest BCUT2D eigenvalue weighted by Gasteiger charge is -2.20. The third-order valence-corrected chi connectivity index (χ3v) is 4.79. The summed E-state index contributed by atoms with van der Waals surface area (Å²) >= 11 is 0. The lowest BCUT2D eigenvalue weighted by molar-refractivity contribution is -0.143. The smallest absolute Gasteiger partial charge is 0.336 e. The first-order valence-electron chi connectivity index (χ1n) is 9.15. The molecule has 0 aliphatic carbocycles. The molecule has 6 nitrogen and oxygen atoms in total. The highest BCUT2D eigenvalue weighted by Gasteiger charge is 2.45. The first-order valence-corrected chi connectivity index (χ1v) is 9.15. The summed E-state index contributed by atoms with van der Waals surface area (Å²) in [6.07, 6.45) is 3.80. The molecule has 1 aromatic rings. The van der Waals surface area contributed by atoms with Crippen molar-refractivity contribution < 1.29 is 24.2 Å². The molecule has 0 unspecified atom stereocenters. The minimum atomic E-state index is -1.01. The van der Waals surface area contributed by atoms with E-state index < -0.39 is 11.4 Å². The van der Waals surface area contributed by atoms with E-state index in [1.165, 1.54) is 0 Å². The summed E-state index contributed by atoms with van der Waals surface area (Å²) in [5.41, 5.74) is 0.651. The Balaban J connectivity index is 1.96. The number of benzene rings is 1. The third-order valence-electron chi connectivity index (χ3n) is 4.79. The van der Waals surface area contributed by atoms with Crippen LogP contribution in [-0.2, 0) is 19.7 Å². The van der Waals surface area contributed by atoms with E-state index >= 15 is 0 Å². The summed E-state index contributed by atoms with van der Waals surface area (Å²) in [5, 5.41) is 9.44. The first kappa shape index (κ1) is 19.9. The van der Waals surface area contributed by atoms with Crippen LogP contribution in [-0.4, -0.2) is 36.1 Å². The van der Waals surface area contributed by atoms with Gasteiger partial charge in [-0.25, -0.2) is 4.79 Å². The van der Waals surface area contributed by atoms with Crippen LogP contribution in [0.2, 0.25) is 0 Å². The molecule has 0 fully saturated rings. The predicted molar refractivity (Wildman–Crippen MR) is 98.5 cm³/mol. The van der Waals surface area contributed by atoms with Crippen molar-refractivity contribution in [3.05, 3.63) is 29.3 Å². The van der Waals surface area contributed by atoms with Gasteiger partial charge in [0.1, 0.15) is 0 Å². The fraction of sp³-hybridized carbons (Fsp3) is 0.550. The number of hydrogen-bond donors (Lipinski definition) is 1.